The van der Waals surface area contributed by atoms with Gasteiger partial charge >= 0.3 is 0 Å². The molecule has 4 aromatic carbocycles. The molecule has 0 N–H and O–H groups in total. The molecule has 48 heavy (non-hydrogen) atoms. The van der Waals surface area contributed by atoms with Crippen molar-refractivity contribution in [2.24, 2.45) is 0 Å². The van der Waals surface area contributed by atoms with Gasteiger partial charge in [0.15, 0.2) is 17.4 Å². The highest BCUT2D eigenvalue weighted by Crippen LogP contribution is 2.37. The molecule has 1 aliphatic rings. The Balaban J connectivity index is 1.22. The minimum absolute atomic E-state index is 0.0542. The van der Waals surface area contributed by atoms with Crippen molar-refractivity contribution in [3.8, 4) is 23.3 Å². The summed E-state index contributed by atoms with van der Waals surface area (Å²) < 4.78 is 102. The maximum atomic E-state index is 15.7. The maximum Gasteiger partial charge on any atom is 0.268 e. The zero-order valence-electron chi connectivity index (χ0n) is 25.1. The predicted molar refractivity (Wildman–Crippen MR) is 166 cm³/mol. The molecule has 13 heteroatoms. The van der Waals surface area contributed by atoms with Crippen molar-refractivity contribution in [1.29, 1.82) is 5.26 Å². The molecule has 2 aromatic heterocycles. The van der Waals surface area contributed by atoms with E-state index >= 15 is 17.6 Å². The van der Waals surface area contributed by atoms with E-state index in [4.69, 9.17) is 14.7 Å². The topological polar surface area (TPSA) is 99.1 Å². The lowest BCUT2D eigenvalue weighted by Crippen LogP contribution is -2.18. The molecule has 7 rings (SSSR count). The number of aryl methyl sites for hydroxylation is 1. The molecule has 1 aliphatic heterocycles. The predicted octanol–water partition coefficient (Wildman–Crippen LogP) is 7.45. The lowest BCUT2D eigenvalue weighted by atomic mass is 9.97. The Kier molecular flexibility index (Phi) is 7.77. The molecular weight excluding hydrogens is 648 g/mol. The number of benzene rings is 4. The zero-order valence-corrected chi connectivity index (χ0v) is 25.9. The third-order valence-corrected chi connectivity index (χ3v) is 9.86. The number of nitrogens with zero attached hydrogens (tertiary/aromatic N) is 4. The van der Waals surface area contributed by atoms with Gasteiger partial charge in [-0.25, -0.2) is 34.6 Å². The van der Waals surface area contributed by atoms with Crippen LogP contribution in [0.2, 0.25) is 0 Å². The van der Waals surface area contributed by atoms with Gasteiger partial charge in [-0.05, 0) is 49.2 Å². The highest BCUT2D eigenvalue weighted by molar-refractivity contribution is 7.90. The van der Waals surface area contributed by atoms with Crippen LogP contribution in [0, 0.1) is 41.5 Å². The van der Waals surface area contributed by atoms with Crippen LogP contribution in [0.25, 0.3) is 16.6 Å². The summed E-state index contributed by atoms with van der Waals surface area (Å²) in [6.07, 6.45) is 2.07. The fourth-order valence-electron chi connectivity index (χ4n) is 5.73. The van der Waals surface area contributed by atoms with Crippen LogP contribution in [-0.2, 0) is 27.6 Å². The van der Waals surface area contributed by atoms with Crippen LogP contribution >= 0.6 is 0 Å². The number of hydrogen-bond donors (Lipinski definition) is 0. The standard InChI is InChI=1S/C35H24F4N4O4S/c1-20-5-8-24(9-6-20)48(44,45)43-15-12-25-29(43)18-28(37)35(32(25)39)47-23-7-10-27(36)30(17-23)42-19-22-13-16-46-34(33(22)41-42)26-4-2-3-21(11-14-40)31(26)38/h2-10,12,15,17-19,34H,11,13,16H2,1H3. The molecule has 0 spiro atoms. The van der Waals surface area contributed by atoms with Crippen molar-refractivity contribution in [3.63, 3.8) is 0 Å². The lowest BCUT2D eigenvalue weighted by molar-refractivity contribution is 0.0645. The minimum atomic E-state index is -4.17. The molecule has 0 saturated carbocycles. The van der Waals surface area contributed by atoms with Gasteiger partial charge < -0.3 is 9.47 Å². The molecular formula is C35H24F4N4O4S. The van der Waals surface area contributed by atoms with Crippen molar-refractivity contribution in [2.45, 2.75) is 30.8 Å². The Morgan fingerprint density at radius 1 is 1.00 bits per heavy atom. The van der Waals surface area contributed by atoms with Crippen LogP contribution in [0.5, 0.6) is 11.5 Å². The number of aromatic nitrogens is 3. The Bertz CT molecular complexity index is 2380. The van der Waals surface area contributed by atoms with Crippen LogP contribution in [0.4, 0.5) is 17.6 Å². The monoisotopic (exact) mass is 672 g/mol. The number of fused-ring (bicyclic) bond motifs is 2. The van der Waals surface area contributed by atoms with Gasteiger partial charge in [-0.2, -0.15) is 10.4 Å². The van der Waals surface area contributed by atoms with Crippen molar-refractivity contribution in [2.75, 3.05) is 6.61 Å². The Morgan fingerprint density at radius 3 is 2.56 bits per heavy atom. The van der Waals surface area contributed by atoms with Gasteiger partial charge in [-0.15, -0.1) is 0 Å². The molecule has 242 valence electrons. The molecule has 0 bridgehead atoms. The first kappa shape index (κ1) is 31.2. The van der Waals surface area contributed by atoms with Crippen LogP contribution in [0.1, 0.15) is 34.1 Å². The van der Waals surface area contributed by atoms with E-state index in [-0.39, 0.29) is 51.4 Å². The molecule has 6 aromatic rings. The van der Waals surface area contributed by atoms with Gasteiger partial charge in [-0.1, -0.05) is 35.9 Å². The zero-order chi connectivity index (χ0) is 33.7. The number of ether oxygens (including phenoxy) is 2. The van der Waals surface area contributed by atoms with Crippen molar-refractivity contribution in [3.05, 3.63) is 136 Å². The summed E-state index contributed by atoms with van der Waals surface area (Å²) >= 11 is 0. The van der Waals surface area contributed by atoms with Crippen LogP contribution in [0.3, 0.4) is 0 Å². The van der Waals surface area contributed by atoms with E-state index < -0.39 is 45.1 Å². The van der Waals surface area contributed by atoms with Gasteiger partial charge in [0, 0.05) is 41.0 Å². The number of rotatable bonds is 7. The molecule has 0 radical (unpaired) electrons. The molecule has 1 unspecified atom stereocenters. The normalized spacial score (nSPS) is 14.5. The highest BCUT2D eigenvalue weighted by atomic mass is 32.2. The quantitative estimate of drug-likeness (QED) is 0.164. The average molecular weight is 673 g/mol. The summed E-state index contributed by atoms with van der Waals surface area (Å²) in [5, 5.41) is 13.3. The molecule has 1 atom stereocenters. The Morgan fingerprint density at radius 2 is 1.79 bits per heavy atom. The summed E-state index contributed by atoms with van der Waals surface area (Å²) in [5.41, 5.74) is 1.93. The molecule has 0 amide bonds. The summed E-state index contributed by atoms with van der Waals surface area (Å²) in [4.78, 5) is -0.0542. The molecule has 3 heterocycles. The van der Waals surface area contributed by atoms with Gasteiger partial charge in [0.1, 0.15) is 29.2 Å². The van der Waals surface area contributed by atoms with E-state index in [1.54, 1.807) is 31.3 Å². The third kappa shape index (κ3) is 5.29. The maximum absolute atomic E-state index is 15.7. The van der Waals surface area contributed by atoms with Gasteiger partial charge in [0.05, 0.1) is 35.2 Å². The number of hydrogen-bond acceptors (Lipinski definition) is 6. The van der Waals surface area contributed by atoms with E-state index in [0.29, 0.717) is 17.7 Å². The first-order chi connectivity index (χ1) is 23.1. The lowest BCUT2D eigenvalue weighted by Gasteiger charge is -2.23. The van der Waals surface area contributed by atoms with Crippen molar-refractivity contribution < 1.29 is 35.5 Å². The van der Waals surface area contributed by atoms with Crippen molar-refractivity contribution in [1.82, 2.24) is 13.8 Å². The van der Waals surface area contributed by atoms with Crippen LogP contribution in [-0.4, -0.2) is 28.8 Å². The summed E-state index contributed by atoms with van der Waals surface area (Å²) in [6, 6.07) is 18.1. The second-order valence-corrected chi connectivity index (χ2v) is 13.0. The van der Waals surface area contributed by atoms with Gasteiger partial charge in [0.2, 0.25) is 0 Å². The second kappa shape index (κ2) is 12.0. The van der Waals surface area contributed by atoms with Crippen LogP contribution < -0.4 is 4.74 Å². The Hall–Kier alpha value is -5.45. The number of nitriles is 1. The summed E-state index contributed by atoms with van der Waals surface area (Å²) in [6.45, 7) is 2.04. The third-order valence-electron chi connectivity index (χ3n) is 8.16. The van der Waals surface area contributed by atoms with Crippen LogP contribution in [0.15, 0.2) is 90.1 Å². The summed E-state index contributed by atoms with van der Waals surface area (Å²) in [5.74, 6) is -4.59. The molecule has 0 fully saturated rings. The smallest absolute Gasteiger partial charge is 0.268 e. The van der Waals surface area contributed by atoms with Crippen molar-refractivity contribution >= 4 is 20.9 Å². The SMILES string of the molecule is Cc1ccc(S(=O)(=O)n2ccc3c(F)c(Oc4ccc(F)c(-n5cc6c(n5)C(c5cccc(CC#N)c5F)OCC6)c4)c(F)cc32)cc1. The first-order valence-corrected chi connectivity index (χ1v) is 16.1. The van der Waals surface area contributed by atoms with E-state index in [0.717, 1.165) is 27.9 Å². The van der Waals surface area contributed by atoms with E-state index in [1.165, 1.54) is 47.1 Å². The van der Waals surface area contributed by atoms with E-state index in [2.05, 4.69) is 5.10 Å². The second-order valence-electron chi connectivity index (χ2n) is 11.2. The summed E-state index contributed by atoms with van der Waals surface area (Å²) in [7, 11) is -4.17. The highest BCUT2D eigenvalue weighted by Gasteiger charge is 2.30. The fourth-order valence-corrected chi connectivity index (χ4v) is 7.07. The fraction of sp³-hybridized carbons (Fsp3) is 0.143. The van der Waals surface area contributed by atoms with Gasteiger partial charge in [0.25, 0.3) is 10.0 Å². The minimum Gasteiger partial charge on any atom is -0.451 e. The first-order valence-electron chi connectivity index (χ1n) is 14.7. The Labute approximate surface area is 272 Å². The number of halogens is 4. The largest absolute Gasteiger partial charge is 0.451 e. The average Bonchev–Trinajstić information content (AvgIpc) is 3.70. The molecule has 0 saturated heterocycles. The van der Waals surface area contributed by atoms with E-state index in [1.807, 2.05) is 6.07 Å². The molecule has 0 aliphatic carbocycles. The molecule has 8 nitrogen and oxygen atoms in total. The van der Waals surface area contributed by atoms with Gasteiger partial charge in [-0.3, -0.25) is 0 Å². The van der Waals surface area contributed by atoms with E-state index in [9.17, 15) is 8.42 Å².